The molecule has 0 radical (unpaired) electrons. The number of amides is 1. The maximum atomic E-state index is 13.7. The number of nitrogens with zero attached hydrogens (tertiary/aromatic N) is 3. The Morgan fingerprint density at radius 3 is 2.47 bits per heavy atom. The zero-order chi connectivity index (χ0) is 30.9. The number of carbonyl (C=O) groups is 1. The summed E-state index contributed by atoms with van der Waals surface area (Å²) in [6, 6.07) is 33.2. The molecule has 4 aromatic carbocycles. The molecule has 3 heterocycles. The molecule has 0 aliphatic carbocycles. The molecule has 45 heavy (non-hydrogen) atoms. The Morgan fingerprint density at radius 2 is 1.69 bits per heavy atom. The molecule has 0 spiro atoms. The normalized spacial score (nSPS) is 11.8. The van der Waals surface area contributed by atoms with E-state index in [1.807, 2.05) is 79.7 Å². The van der Waals surface area contributed by atoms with Gasteiger partial charge in [-0.1, -0.05) is 54.6 Å². The minimum Gasteiger partial charge on any atom is -0.436 e. The third-order valence-electron chi connectivity index (χ3n) is 7.59. The second kappa shape index (κ2) is 11.9. The largest absolute Gasteiger partial charge is 0.436 e. The number of hydrogen-bond acceptors (Lipinski definition) is 7. The third kappa shape index (κ3) is 5.64. The molecular weight excluding hydrogens is 580 g/mol. The molecule has 0 atom stereocenters. The van der Waals surface area contributed by atoms with E-state index in [2.05, 4.69) is 41.5 Å². The van der Waals surface area contributed by atoms with Crippen molar-refractivity contribution in [3.8, 4) is 21.7 Å². The molecule has 7 aromatic rings. The highest BCUT2D eigenvalue weighted by Gasteiger charge is 2.18. The third-order valence-corrected chi connectivity index (χ3v) is 8.66. The topological polar surface area (TPSA) is 101 Å². The first-order valence-corrected chi connectivity index (χ1v) is 15.3. The maximum absolute atomic E-state index is 13.7. The van der Waals surface area contributed by atoms with Crippen LogP contribution in [0.1, 0.15) is 27.2 Å². The summed E-state index contributed by atoms with van der Waals surface area (Å²) in [7, 11) is 0. The smallest absolute Gasteiger partial charge is 0.261 e. The lowest BCUT2D eigenvalue weighted by Gasteiger charge is -2.11. The van der Waals surface area contributed by atoms with Gasteiger partial charge in [0.05, 0.1) is 28.2 Å². The van der Waals surface area contributed by atoms with Crippen LogP contribution in [0.25, 0.3) is 42.9 Å². The number of aromatic nitrogens is 2. The second-order valence-corrected chi connectivity index (χ2v) is 11.8. The van der Waals surface area contributed by atoms with Crippen LogP contribution in [0.4, 0.5) is 11.4 Å². The van der Waals surface area contributed by atoms with E-state index >= 15 is 0 Å². The lowest BCUT2D eigenvalue weighted by atomic mass is 10.0. The van der Waals surface area contributed by atoms with Gasteiger partial charge in [0, 0.05) is 34.0 Å². The number of rotatable bonds is 6. The predicted molar refractivity (Wildman–Crippen MR) is 180 cm³/mol. The van der Waals surface area contributed by atoms with Crippen molar-refractivity contribution in [2.75, 3.05) is 5.32 Å². The minimum absolute atomic E-state index is 0.135. The lowest BCUT2D eigenvalue weighted by molar-refractivity contribution is 0.102. The molecule has 0 fully saturated rings. The number of thiazole rings is 1. The van der Waals surface area contributed by atoms with Crippen molar-refractivity contribution in [1.82, 2.24) is 9.97 Å². The number of benzene rings is 4. The number of pyridine rings is 1. The summed E-state index contributed by atoms with van der Waals surface area (Å²) in [5, 5.41) is 14.5. The average molecular weight is 609 g/mol. The van der Waals surface area contributed by atoms with Gasteiger partial charge in [-0.3, -0.25) is 9.78 Å². The van der Waals surface area contributed by atoms with Crippen LogP contribution in [0.5, 0.6) is 0 Å². The van der Waals surface area contributed by atoms with E-state index in [9.17, 15) is 9.90 Å². The maximum Gasteiger partial charge on any atom is 0.261 e. The molecule has 0 bridgehead atoms. The van der Waals surface area contributed by atoms with Gasteiger partial charge in [0.25, 0.3) is 5.91 Å². The van der Waals surface area contributed by atoms with Crippen molar-refractivity contribution < 1.29 is 14.3 Å². The quantitative estimate of drug-likeness (QED) is 0.198. The van der Waals surface area contributed by atoms with Gasteiger partial charge in [-0.25, -0.2) is 9.98 Å². The zero-order valence-electron chi connectivity index (χ0n) is 24.6. The van der Waals surface area contributed by atoms with Crippen LogP contribution in [0, 0.1) is 13.8 Å². The summed E-state index contributed by atoms with van der Waals surface area (Å²) in [5.41, 5.74) is 8.23. The van der Waals surface area contributed by atoms with Gasteiger partial charge in [0.1, 0.15) is 10.6 Å². The highest BCUT2D eigenvalue weighted by atomic mass is 32.1. The molecule has 7 nitrogen and oxygen atoms in total. The molecule has 1 amide bonds. The van der Waals surface area contributed by atoms with Crippen molar-refractivity contribution in [2.24, 2.45) is 4.99 Å². The number of anilines is 1. The standard InChI is InChI=1S/C37H28N4O3S/c1-22-13-15-32-33(17-22)45-37(41-32)25-14-16-31(28(18-25)24-9-5-3-6-10-24)40-36-30(35(43)39-27-11-7-4-8-12-27)19-29-26(21-42)20-38-23(2)34(29)44-36/h3-20,42H,21H2,1-2H3,(H,39,43). The molecule has 2 N–H and O–H groups in total. The van der Waals surface area contributed by atoms with Crippen LogP contribution in [-0.4, -0.2) is 21.0 Å². The van der Waals surface area contributed by atoms with E-state index in [-0.39, 0.29) is 23.6 Å². The molecule has 0 saturated heterocycles. The van der Waals surface area contributed by atoms with Crippen molar-refractivity contribution in [3.05, 3.63) is 137 Å². The predicted octanol–water partition coefficient (Wildman–Crippen LogP) is 8.37. The molecule has 0 aliphatic rings. The fourth-order valence-electron chi connectivity index (χ4n) is 5.26. The molecule has 0 aliphatic heterocycles. The van der Waals surface area contributed by atoms with Crippen LogP contribution < -0.4 is 10.9 Å². The van der Waals surface area contributed by atoms with Crippen molar-refractivity contribution >= 4 is 49.8 Å². The lowest BCUT2D eigenvalue weighted by Crippen LogP contribution is -2.22. The number of aryl methyl sites for hydroxylation is 2. The van der Waals surface area contributed by atoms with Crippen LogP contribution >= 0.6 is 11.3 Å². The number of aliphatic hydroxyl groups is 1. The summed E-state index contributed by atoms with van der Waals surface area (Å²) in [6.07, 6.45) is 1.60. The minimum atomic E-state index is -0.383. The highest BCUT2D eigenvalue weighted by molar-refractivity contribution is 7.21. The Hall–Kier alpha value is -5.44. The summed E-state index contributed by atoms with van der Waals surface area (Å²) >= 11 is 1.65. The van der Waals surface area contributed by atoms with Crippen LogP contribution in [0.3, 0.4) is 0 Å². The number of para-hydroxylation sites is 1. The Labute approximate surface area is 263 Å². The van der Waals surface area contributed by atoms with Gasteiger partial charge in [-0.05, 0) is 73.5 Å². The fraction of sp³-hybridized carbons (Fsp3) is 0.0811. The molecule has 0 unspecified atom stereocenters. The number of nitrogens with one attached hydrogen (secondary N) is 1. The zero-order valence-corrected chi connectivity index (χ0v) is 25.4. The van der Waals surface area contributed by atoms with Crippen molar-refractivity contribution in [3.63, 3.8) is 0 Å². The molecule has 7 rings (SSSR count). The molecule has 0 saturated carbocycles. The van der Waals surface area contributed by atoms with E-state index in [0.717, 1.165) is 31.9 Å². The number of aliphatic hydroxyl groups excluding tert-OH is 1. The van der Waals surface area contributed by atoms with Gasteiger partial charge in [0.15, 0.2) is 5.58 Å². The van der Waals surface area contributed by atoms with E-state index in [0.29, 0.717) is 33.6 Å². The van der Waals surface area contributed by atoms with Crippen molar-refractivity contribution in [2.45, 2.75) is 20.5 Å². The van der Waals surface area contributed by atoms with Gasteiger partial charge in [-0.2, -0.15) is 0 Å². The van der Waals surface area contributed by atoms with Gasteiger partial charge in [-0.15, -0.1) is 11.3 Å². The summed E-state index contributed by atoms with van der Waals surface area (Å²) < 4.78 is 7.51. The SMILES string of the molecule is Cc1ccc2nc(-c3ccc(N=c4oc5c(C)ncc(CO)c5cc4C(=O)Nc4ccccc4)c(-c4ccccc4)c3)sc2c1. The number of hydrogen-bond donors (Lipinski definition) is 2. The van der Waals surface area contributed by atoms with Gasteiger partial charge in [0.2, 0.25) is 5.55 Å². The summed E-state index contributed by atoms with van der Waals surface area (Å²) in [4.78, 5) is 28.0. The highest BCUT2D eigenvalue weighted by Crippen LogP contribution is 2.37. The van der Waals surface area contributed by atoms with Crippen molar-refractivity contribution in [1.29, 1.82) is 0 Å². The first-order valence-electron chi connectivity index (χ1n) is 14.5. The molecule has 220 valence electrons. The van der Waals surface area contributed by atoms with Gasteiger partial charge < -0.3 is 14.8 Å². The Balaban J connectivity index is 1.44. The van der Waals surface area contributed by atoms with Crippen LogP contribution in [0.2, 0.25) is 0 Å². The average Bonchev–Trinajstić information content (AvgIpc) is 3.49. The van der Waals surface area contributed by atoms with Gasteiger partial charge >= 0.3 is 0 Å². The number of fused-ring (bicyclic) bond motifs is 2. The first-order chi connectivity index (χ1) is 22.0. The van der Waals surface area contributed by atoms with Crippen LogP contribution in [0.15, 0.2) is 119 Å². The van der Waals surface area contributed by atoms with E-state index in [1.54, 1.807) is 23.6 Å². The molecule has 8 heteroatoms. The summed E-state index contributed by atoms with van der Waals surface area (Å²) in [6.45, 7) is 3.65. The Bertz CT molecular complexity index is 2280. The number of carbonyl (C=O) groups excluding carboxylic acids is 1. The monoisotopic (exact) mass is 608 g/mol. The first kappa shape index (κ1) is 28.3. The summed E-state index contributed by atoms with van der Waals surface area (Å²) in [5.74, 6) is -0.383. The molecule has 3 aromatic heterocycles. The fourth-order valence-corrected chi connectivity index (χ4v) is 6.32. The van der Waals surface area contributed by atoms with E-state index in [1.165, 1.54) is 5.56 Å². The van der Waals surface area contributed by atoms with E-state index in [4.69, 9.17) is 14.4 Å². The Morgan fingerprint density at radius 1 is 0.911 bits per heavy atom. The Kier molecular flexibility index (Phi) is 7.51. The van der Waals surface area contributed by atoms with Crippen LogP contribution in [-0.2, 0) is 6.61 Å². The molecular formula is C37H28N4O3S. The van der Waals surface area contributed by atoms with E-state index < -0.39 is 0 Å². The second-order valence-electron chi connectivity index (χ2n) is 10.8.